The Morgan fingerprint density at radius 3 is 2.83 bits per heavy atom. The van der Waals surface area contributed by atoms with Crippen molar-refractivity contribution in [3.8, 4) is 0 Å². The van der Waals surface area contributed by atoms with Gasteiger partial charge in [-0.3, -0.25) is 0 Å². The molecule has 0 saturated carbocycles. The number of nitrogens with zero attached hydrogens (tertiary/aromatic N) is 1. The van der Waals surface area contributed by atoms with Gasteiger partial charge in [0, 0.05) is 24.3 Å². The Kier molecular flexibility index (Phi) is 4.65. The highest BCUT2D eigenvalue weighted by Crippen LogP contribution is 2.31. The molecule has 2 atom stereocenters. The Morgan fingerprint density at radius 2 is 2.11 bits per heavy atom. The zero-order valence-corrected chi connectivity index (χ0v) is 11.9. The summed E-state index contributed by atoms with van der Waals surface area (Å²) in [7, 11) is 0. The smallest absolute Gasteiger partial charge is 0.0402 e. The third kappa shape index (κ3) is 2.86. The van der Waals surface area contributed by atoms with E-state index < -0.39 is 0 Å². The van der Waals surface area contributed by atoms with E-state index in [9.17, 15) is 0 Å². The minimum atomic E-state index is 0.610. The average Bonchev–Trinajstić information content (AvgIpc) is 2.70. The summed E-state index contributed by atoms with van der Waals surface area (Å²) < 4.78 is 0. The van der Waals surface area contributed by atoms with Crippen LogP contribution in [0.2, 0.25) is 0 Å². The molecule has 0 aliphatic carbocycles. The summed E-state index contributed by atoms with van der Waals surface area (Å²) >= 11 is 0. The molecular weight excluding hydrogens is 220 g/mol. The van der Waals surface area contributed by atoms with Crippen LogP contribution in [0.15, 0.2) is 24.3 Å². The van der Waals surface area contributed by atoms with Crippen molar-refractivity contribution in [1.82, 2.24) is 5.32 Å². The van der Waals surface area contributed by atoms with E-state index in [1.54, 1.807) is 0 Å². The Bertz CT molecular complexity index is 375. The average molecular weight is 246 g/mol. The summed E-state index contributed by atoms with van der Waals surface area (Å²) in [6, 6.07) is 10.1. The number of fused-ring (bicyclic) bond motifs is 1. The molecule has 100 valence electrons. The Morgan fingerprint density at radius 1 is 1.33 bits per heavy atom. The van der Waals surface area contributed by atoms with Gasteiger partial charge in [-0.1, -0.05) is 32.0 Å². The van der Waals surface area contributed by atoms with Crippen molar-refractivity contribution >= 4 is 5.69 Å². The van der Waals surface area contributed by atoms with E-state index in [4.69, 9.17) is 0 Å². The van der Waals surface area contributed by atoms with Crippen LogP contribution in [0.4, 0.5) is 5.69 Å². The summed E-state index contributed by atoms with van der Waals surface area (Å²) in [6.45, 7) is 9.11. The number of anilines is 1. The normalized spacial score (nSPS) is 19.9. The Labute approximate surface area is 111 Å². The van der Waals surface area contributed by atoms with E-state index >= 15 is 0 Å². The number of nitrogens with one attached hydrogen (secondary N) is 1. The second-order valence-electron chi connectivity index (χ2n) is 5.39. The quantitative estimate of drug-likeness (QED) is 0.829. The second-order valence-corrected chi connectivity index (χ2v) is 5.39. The van der Waals surface area contributed by atoms with Crippen molar-refractivity contribution in [2.24, 2.45) is 0 Å². The van der Waals surface area contributed by atoms with Crippen LogP contribution in [0.1, 0.15) is 39.2 Å². The maximum atomic E-state index is 3.66. The lowest BCUT2D eigenvalue weighted by Crippen LogP contribution is -2.43. The lowest BCUT2D eigenvalue weighted by Gasteiger charge is -2.30. The highest BCUT2D eigenvalue weighted by Gasteiger charge is 2.26. The van der Waals surface area contributed by atoms with Gasteiger partial charge in [-0.2, -0.15) is 0 Å². The highest BCUT2D eigenvalue weighted by atomic mass is 15.2. The highest BCUT2D eigenvalue weighted by molar-refractivity contribution is 5.59. The van der Waals surface area contributed by atoms with Gasteiger partial charge in [0.2, 0.25) is 0 Å². The molecule has 0 fully saturated rings. The van der Waals surface area contributed by atoms with E-state index in [-0.39, 0.29) is 0 Å². The predicted molar refractivity (Wildman–Crippen MR) is 79.3 cm³/mol. The fraction of sp³-hybridized carbons (Fsp3) is 0.625. The topological polar surface area (TPSA) is 15.3 Å². The van der Waals surface area contributed by atoms with Crippen LogP contribution in [-0.2, 0) is 6.42 Å². The minimum Gasteiger partial charge on any atom is -0.367 e. The van der Waals surface area contributed by atoms with E-state index in [1.165, 1.54) is 30.5 Å². The van der Waals surface area contributed by atoms with Gasteiger partial charge >= 0.3 is 0 Å². The molecule has 2 nitrogen and oxygen atoms in total. The van der Waals surface area contributed by atoms with Gasteiger partial charge < -0.3 is 10.2 Å². The van der Waals surface area contributed by atoms with Gasteiger partial charge in [-0.05, 0) is 44.4 Å². The standard InChI is InChI=1S/C16H26N2/c1-4-10-17-15(5-2)12-18-13(3)11-14-8-6-7-9-16(14)18/h6-9,13,15,17H,4-5,10-12H2,1-3H3. The second kappa shape index (κ2) is 6.24. The molecule has 0 bridgehead atoms. The zero-order valence-electron chi connectivity index (χ0n) is 11.9. The molecule has 1 aromatic carbocycles. The van der Waals surface area contributed by atoms with E-state index in [0.717, 1.165) is 13.1 Å². The first-order chi connectivity index (χ1) is 8.76. The molecule has 0 amide bonds. The van der Waals surface area contributed by atoms with Crippen LogP contribution in [0, 0.1) is 0 Å². The number of benzene rings is 1. The number of hydrogen-bond donors (Lipinski definition) is 1. The van der Waals surface area contributed by atoms with Crippen LogP contribution >= 0.6 is 0 Å². The minimum absolute atomic E-state index is 0.610. The number of rotatable bonds is 6. The third-order valence-electron chi connectivity index (χ3n) is 3.94. The number of para-hydroxylation sites is 1. The lowest BCUT2D eigenvalue weighted by molar-refractivity contribution is 0.477. The van der Waals surface area contributed by atoms with E-state index in [1.807, 2.05) is 0 Å². The first kappa shape index (κ1) is 13.4. The maximum Gasteiger partial charge on any atom is 0.0402 e. The first-order valence-electron chi connectivity index (χ1n) is 7.34. The molecule has 1 aliphatic rings. The van der Waals surface area contributed by atoms with Crippen molar-refractivity contribution in [2.75, 3.05) is 18.0 Å². The van der Waals surface area contributed by atoms with Crippen molar-refractivity contribution < 1.29 is 0 Å². The summed E-state index contributed by atoms with van der Waals surface area (Å²) in [4.78, 5) is 2.58. The lowest BCUT2D eigenvalue weighted by atomic mass is 10.1. The van der Waals surface area contributed by atoms with Gasteiger partial charge in [-0.15, -0.1) is 0 Å². The van der Waals surface area contributed by atoms with Crippen molar-refractivity contribution in [2.45, 2.75) is 52.1 Å². The van der Waals surface area contributed by atoms with Crippen LogP contribution in [0.25, 0.3) is 0 Å². The van der Waals surface area contributed by atoms with Gasteiger partial charge in [-0.25, -0.2) is 0 Å². The fourth-order valence-corrected chi connectivity index (χ4v) is 2.83. The largest absolute Gasteiger partial charge is 0.367 e. The third-order valence-corrected chi connectivity index (χ3v) is 3.94. The molecule has 0 spiro atoms. The van der Waals surface area contributed by atoms with Crippen LogP contribution < -0.4 is 10.2 Å². The molecule has 0 aromatic heterocycles. The molecule has 2 unspecified atom stereocenters. The molecular formula is C16H26N2. The Hall–Kier alpha value is -1.02. The Balaban J connectivity index is 2.04. The number of hydrogen-bond acceptors (Lipinski definition) is 2. The summed E-state index contributed by atoms with van der Waals surface area (Å²) in [5.41, 5.74) is 2.96. The fourth-order valence-electron chi connectivity index (χ4n) is 2.83. The molecule has 0 radical (unpaired) electrons. The van der Waals surface area contributed by atoms with Gasteiger partial charge in [0.05, 0.1) is 0 Å². The maximum absolute atomic E-state index is 3.66. The zero-order chi connectivity index (χ0) is 13.0. The van der Waals surface area contributed by atoms with Crippen molar-refractivity contribution in [1.29, 1.82) is 0 Å². The first-order valence-corrected chi connectivity index (χ1v) is 7.34. The molecule has 18 heavy (non-hydrogen) atoms. The molecule has 2 rings (SSSR count). The molecule has 1 aliphatic heterocycles. The van der Waals surface area contributed by atoms with Crippen molar-refractivity contribution in [3.05, 3.63) is 29.8 Å². The summed E-state index contributed by atoms with van der Waals surface area (Å²) in [6.07, 6.45) is 3.61. The van der Waals surface area contributed by atoms with Gasteiger partial charge in [0.25, 0.3) is 0 Å². The van der Waals surface area contributed by atoms with E-state index in [0.29, 0.717) is 12.1 Å². The molecule has 1 heterocycles. The van der Waals surface area contributed by atoms with Crippen LogP contribution in [-0.4, -0.2) is 25.2 Å². The predicted octanol–water partition coefficient (Wildman–Crippen LogP) is 3.22. The monoisotopic (exact) mass is 246 g/mol. The SMILES string of the molecule is CCCNC(CC)CN1c2ccccc2CC1C. The molecule has 0 saturated heterocycles. The van der Waals surface area contributed by atoms with Crippen LogP contribution in [0.3, 0.4) is 0 Å². The molecule has 1 aromatic rings. The molecule has 2 heteroatoms. The summed E-state index contributed by atoms with van der Waals surface area (Å²) in [5, 5.41) is 3.66. The summed E-state index contributed by atoms with van der Waals surface area (Å²) in [5.74, 6) is 0. The van der Waals surface area contributed by atoms with Gasteiger partial charge in [0.15, 0.2) is 0 Å². The van der Waals surface area contributed by atoms with Crippen molar-refractivity contribution in [3.63, 3.8) is 0 Å². The van der Waals surface area contributed by atoms with Gasteiger partial charge in [0.1, 0.15) is 0 Å². The molecule has 1 N–H and O–H groups in total. The van der Waals surface area contributed by atoms with E-state index in [2.05, 4.69) is 55.3 Å². The van der Waals surface area contributed by atoms with Crippen LogP contribution in [0.5, 0.6) is 0 Å².